The lowest BCUT2D eigenvalue weighted by atomic mass is 10.3. The van der Waals surface area contributed by atoms with E-state index < -0.39 is 0 Å². The number of hydrogen-bond acceptors (Lipinski definition) is 5. The van der Waals surface area contributed by atoms with Crippen molar-refractivity contribution in [3.05, 3.63) is 35.4 Å². The minimum absolute atomic E-state index is 0.298. The van der Waals surface area contributed by atoms with Gasteiger partial charge in [0.25, 0.3) is 0 Å². The summed E-state index contributed by atoms with van der Waals surface area (Å²) in [6.07, 6.45) is 0. The lowest BCUT2D eigenvalue weighted by molar-refractivity contribution is 0.399. The summed E-state index contributed by atoms with van der Waals surface area (Å²) in [5.74, 6) is 1.39. The normalized spacial score (nSPS) is 10.8. The molecule has 3 aromatic rings. The number of aromatic nitrogens is 3. The molecule has 3 rings (SSSR count). The summed E-state index contributed by atoms with van der Waals surface area (Å²) in [5, 5.41) is 0.565. The van der Waals surface area contributed by atoms with Crippen LogP contribution in [0.2, 0.25) is 5.02 Å². The summed E-state index contributed by atoms with van der Waals surface area (Å²) in [7, 11) is 3.13. The summed E-state index contributed by atoms with van der Waals surface area (Å²) in [6.45, 7) is 0. The molecule has 0 fully saturated rings. The number of imidazole rings is 1. The van der Waals surface area contributed by atoms with Crippen LogP contribution in [0.15, 0.2) is 30.3 Å². The second-order valence-corrected chi connectivity index (χ2v) is 4.75. The largest absolute Gasteiger partial charge is 0.495 e. The second-order valence-electron chi connectivity index (χ2n) is 4.32. The Balaban J connectivity index is 2.33. The lowest BCUT2D eigenvalue weighted by Gasteiger charge is -2.11. The fraction of sp³-hybridized carbons (Fsp3) is 0.143. The van der Waals surface area contributed by atoms with Crippen molar-refractivity contribution in [3.63, 3.8) is 0 Å². The Morgan fingerprint density at radius 3 is 2.62 bits per heavy atom. The Morgan fingerprint density at radius 2 is 1.90 bits per heavy atom. The molecule has 0 unspecified atom stereocenters. The van der Waals surface area contributed by atoms with Gasteiger partial charge in [0.15, 0.2) is 5.65 Å². The van der Waals surface area contributed by atoms with Gasteiger partial charge in [-0.3, -0.25) is 4.57 Å². The van der Waals surface area contributed by atoms with E-state index in [2.05, 4.69) is 9.97 Å². The maximum atomic E-state index is 6.08. The van der Waals surface area contributed by atoms with E-state index in [1.165, 1.54) is 0 Å². The minimum atomic E-state index is 0.298. The van der Waals surface area contributed by atoms with Gasteiger partial charge in [0.2, 0.25) is 11.8 Å². The van der Waals surface area contributed by atoms with E-state index in [1.54, 1.807) is 49.1 Å². The molecule has 0 saturated heterocycles. The third-order valence-corrected chi connectivity index (χ3v) is 3.33. The highest BCUT2D eigenvalue weighted by molar-refractivity contribution is 6.30. The molecular formula is C14H13ClN4O2. The molecule has 2 aromatic heterocycles. The highest BCUT2D eigenvalue weighted by atomic mass is 35.5. The van der Waals surface area contributed by atoms with E-state index in [1.807, 2.05) is 0 Å². The molecule has 0 spiro atoms. The van der Waals surface area contributed by atoms with Crippen LogP contribution in [0.4, 0.5) is 5.95 Å². The fourth-order valence-corrected chi connectivity index (χ4v) is 2.31. The van der Waals surface area contributed by atoms with Crippen molar-refractivity contribution in [2.24, 2.45) is 0 Å². The zero-order valence-electron chi connectivity index (χ0n) is 11.5. The SMILES string of the molecule is COc1ccc2nc(N)n(-c3cc(Cl)ccc3OC)c2n1. The van der Waals surface area contributed by atoms with E-state index in [0.29, 0.717) is 39.5 Å². The number of methoxy groups -OCH3 is 2. The van der Waals surface area contributed by atoms with Gasteiger partial charge in [0, 0.05) is 11.1 Å². The Morgan fingerprint density at radius 1 is 1.10 bits per heavy atom. The first-order valence-corrected chi connectivity index (χ1v) is 6.54. The zero-order valence-corrected chi connectivity index (χ0v) is 12.3. The molecule has 2 heterocycles. The second kappa shape index (κ2) is 5.14. The predicted octanol–water partition coefficient (Wildman–Crippen LogP) is 2.67. The monoisotopic (exact) mass is 304 g/mol. The van der Waals surface area contributed by atoms with Gasteiger partial charge >= 0.3 is 0 Å². The third-order valence-electron chi connectivity index (χ3n) is 3.10. The Bertz CT molecular complexity index is 816. The first-order chi connectivity index (χ1) is 10.1. The summed E-state index contributed by atoms with van der Waals surface area (Å²) in [6, 6.07) is 8.79. The quantitative estimate of drug-likeness (QED) is 0.805. The minimum Gasteiger partial charge on any atom is -0.495 e. The molecule has 0 bridgehead atoms. The average molecular weight is 305 g/mol. The number of fused-ring (bicyclic) bond motifs is 1. The van der Waals surface area contributed by atoms with Crippen LogP contribution in [0.5, 0.6) is 11.6 Å². The topological polar surface area (TPSA) is 75.2 Å². The van der Waals surface area contributed by atoms with Gasteiger partial charge < -0.3 is 15.2 Å². The van der Waals surface area contributed by atoms with Crippen LogP contribution in [0.1, 0.15) is 0 Å². The summed E-state index contributed by atoms with van der Waals surface area (Å²) < 4.78 is 12.2. The van der Waals surface area contributed by atoms with E-state index in [0.717, 1.165) is 0 Å². The number of nitrogen functional groups attached to an aromatic ring is 1. The fourth-order valence-electron chi connectivity index (χ4n) is 2.15. The van der Waals surface area contributed by atoms with Crippen molar-refractivity contribution in [1.82, 2.24) is 14.5 Å². The van der Waals surface area contributed by atoms with Crippen LogP contribution in [-0.4, -0.2) is 28.8 Å². The number of benzene rings is 1. The molecule has 0 aliphatic rings. The number of hydrogen-bond donors (Lipinski definition) is 1. The molecule has 6 nitrogen and oxygen atoms in total. The molecule has 2 N–H and O–H groups in total. The average Bonchev–Trinajstić information content (AvgIpc) is 2.81. The van der Waals surface area contributed by atoms with Gasteiger partial charge in [-0.2, -0.15) is 4.98 Å². The van der Waals surface area contributed by atoms with Gasteiger partial charge in [0.05, 0.1) is 19.9 Å². The van der Waals surface area contributed by atoms with Crippen LogP contribution in [0.3, 0.4) is 0 Å². The Kier molecular flexibility index (Phi) is 3.31. The molecular weight excluding hydrogens is 292 g/mol. The van der Waals surface area contributed by atoms with Gasteiger partial charge in [-0.05, 0) is 24.3 Å². The Labute approximate surface area is 126 Å². The van der Waals surface area contributed by atoms with Crippen molar-refractivity contribution >= 4 is 28.7 Å². The smallest absolute Gasteiger partial charge is 0.215 e. The van der Waals surface area contributed by atoms with Crippen molar-refractivity contribution in [2.75, 3.05) is 20.0 Å². The maximum absolute atomic E-state index is 6.08. The summed E-state index contributed by atoms with van der Waals surface area (Å²) in [4.78, 5) is 8.69. The van der Waals surface area contributed by atoms with Crippen LogP contribution < -0.4 is 15.2 Å². The predicted molar refractivity (Wildman–Crippen MR) is 81.4 cm³/mol. The van der Waals surface area contributed by atoms with E-state index in [4.69, 9.17) is 26.8 Å². The number of rotatable bonds is 3. The van der Waals surface area contributed by atoms with Crippen molar-refractivity contribution < 1.29 is 9.47 Å². The Hall–Kier alpha value is -2.47. The molecule has 0 radical (unpaired) electrons. The van der Waals surface area contributed by atoms with Crippen LogP contribution in [0, 0.1) is 0 Å². The lowest BCUT2D eigenvalue weighted by Crippen LogP contribution is -2.04. The molecule has 7 heteroatoms. The van der Waals surface area contributed by atoms with E-state index in [9.17, 15) is 0 Å². The standard InChI is InChI=1S/C14H13ClN4O2/c1-20-11-5-3-8(15)7-10(11)19-13-9(17-14(19)16)4-6-12(18-13)21-2/h3-7H,1-2H3,(H2,16,17). The van der Waals surface area contributed by atoms with Gasteiger partial charge in [-0.15, -0.1) is 0 Å². The highest BCUT2D eigenvalue weighted by Gasteiger charge is 2.16. The third kappa shape index (κ3) is 2.23. The first kappa shape index (κ1) is 13.5. The number of nitrogens with two attached hydrogens (primary N) is 1. The molecule has 0 aliphatic carbocycles. The molecule has 21 heavy (non-hydrogen) atoms. The van der Waals surface area contributed by atoms with Crippen LogP contribution in [0.25, 0.3) is 16.9 Å². The number of ether oxygens (including phenoxy) is 2. The molecule has 0 atom stereocenters. The molecule has 0 aliphatic heterocycles. The summed E-state index contributed by atoms with van der Waals surface area (Å²) in [5.41, 5.74) is 7.93. The first-order valence-electron chi connectivity index (χ1n) is 6.17. The highest BCUT2D eigenvalue weighted by Crippen LogP contribution is 2.31. The molecule has 108 valence electrons. The number of halogens is 1. The van der Waals surface area contributed by atoms with E-state index >= 15 is 0 Å². The molecule has 0 amide bonds. The maximum Gasteiger partial charge on any atom is 0.215 e. The van der Waals surface area contributed by atoms with Crippen LogP contribution >= 0.6 is 11.6 Å². The van der Waals surface area contributed by atoms with Crippen molar-refractivity contribution in [1.29, 1.82) is 0 Å². The number of anilines is 1. The number of nitrogens with zero attached hydrogens (tertiary/aromatic N) is 3. The van der Waals surface area contributed by atoms with Gasteiger partial charge in [-0.1, -0.05) is 11.6 Å². The van der Waals surface area contributed by atoms with Gasteiger partial charge in [0.1, 0.15) is 11.3 Å². The summed E-state index contributed by atoms with van der Waals surface area (Å²) >= 11 is 6.08. The number of pyridine rings is 1. The van der Waals surface area contributed by atoms with Gasteiger partial charge in [-0.25, -0.2) is 4.98 Å². The molecule has 0 saturated carbocycles. The van der Waals surface area contributed by atoms with E-state index in [-0.39, 0.29) is 0 Å². The van der Waals surface area contributed by atoms with Crippen LogP contribution in [-0.2, 0) is 0 Å². The zero-order chi connectivity index (χ0) is 15.0. The van der Waals surface area contributed by atoms with Crippen molar-refractivity contribution in [3.8, 4) is 17.3 Å². The molecule has 1 aromatic carbocycles. The van der Waals surface area contributed by atoms with Crippen molar-refractivity contribution in [2.45, 2.75) is 0 Å².